The van der Waals surface area contributed by atoms with Crippen LogP contribution in [0.15, 0.2) is 18.2 Å². The molecule has 2 fully saturated rings. The van der Waals surface area contributed by atoms with Crippen molar-refractivity contribution in [3.05, 3.63) is 34.6 Å². The van der Waals surface area contributed by atoms with Crippen molar-refractivity contribution in [2.24, 2.45) is 11.1 Å². The van der Waals surface area contributed by atoms with Gasteiger partial charge in [-0.1, -0.05) is 36.6 Å². The summed E-state index contributed by atoms with van der Waals surface area (Å²) in [6, 6.07) is 4.99. The van der Waals surface area contributed by atoms with E-state index in [0.29, 0.717) is 24.9 Å². The van der Waals surface area contributed by atoms with Crippen molar-refractivity contribution in [3.63, 3.8) is 0 Å². The van der Waals surface area contributed by atoms with Crippen LogP contribution in [0.2, 0.25) is 5.02 Å². The first kappa shape index (κ1) is 16.2. The molecule has 0 heterocycles. The summed E-state index contributed by atoms with van der Waals surface area (Å²) in [5.74, 6) is -1.33. The second-order valence-electron chi connectivity index (χ2n) is 6.72. The summed E-state index contributed by atoms with van der Waals surface area (Å²) in [5, 5.41) is 2.94. The Kier molecular flexibility index (Phi) is 4.08. The molecule has 0 aliphatic heterocycles. The highest BCUT2D eigenvalue weighted by molar-refractivity contribution is 6.30. The molecule has 1 aromatic rings. The standard InChI is InChI=1S/C17H20ClFN2O2/c18-12-5-3-4-11(13(12)19)16(6-1-2-7-16)10-21-15(23)17(8-9-17)14(20)22/h3-5H,1-2,6-10H2,(H2,20,22)(H,21,23). The van der Waals surface area contributed by atoms with Gasteiger partial charge in [0.05, 0.1) is 5.02 Å². The number of nitrogens with one attached hydrogen (secondary N) is 1. The molecule has 0 unspecified atom stereocenters. The van der Waals surface area contributed by atoms with E-state index in [0.717, 1.165) is 25.7 Å². The molecule has 23 heavy (non-hydrogen) atoms. The number of carbonyl (C=O) groups excluding carboxylic acids is 2. The fourth-order valence-electron chi connectivity index (χ4n) is 3.64. The Morgan fingerprint density at radius 2 is 1.87 bits per heavy atom. The van der Waals surface area contributed by atoms with Crippen LogP contribution in [0, 0.1) is 11.2 Å². The lowest BCUT2D eigenvalue weighted by atomic mass is 9.78. The van der Waals surface area contributed by atoms with E-state index in [1.807, 2.05) is 0 Å². The summed E-state index contributed by atoms with van der Waals surface area (Å²) in [4.78, 5) is 23.8. The van der Waals surface area contributed by atoms with Gasteiger partial charge < -0.3 is 11.1 Å². The van der Waals surface area contributed by atoms with Gasteiger partial charge in [-0.3, -0.25) is 9.59 Å². The van der Waals surface area contributed by atoms with Gasteiger partial charge in [0.2, 0.25) is 11.8 Å². The van der Waals surface area contributed by atoms with Gasteiger partial charge in [-0.25, -0.2) is 4.39 Å². The molecule has 0 radical (unpaired) electrons. The first-order valence-electron chi connectivity index (χ1n) is 7.94. The number of rotatable bonds is 5. The quantitative estimate of drug-likeness (QED) is 0.810. The number of halogens is 2. The summed E-state index contributed by atoms with van der Waals surface area (Å²) in [5.41, 5.74) is 4.37. The van der Waals surface area contributed by atoms with Crippen LogP contribution in [0.3, 0.4) is 0 Å². The molecule has 0 bridgehead atoms. The van der Waals surface area contributed by atoms with Crippen LogP contribution >= 0.6 is 11.6 Å². The zero-order chi connectivity index (χ0) is 16.7. The van der Waals surface area contributed by atoms with Crippen LogP contribution in [-0.4, -0.2) is 18.4 Å². The molecule has 0 spiro atoms. The second kappa shape index (κ2) is 5.78. The Bertz CT molecular complexity index is 652. The number of amides is 2. The SMILES string of the molecule is NC(=O)C1(C(=O)NCC2(c3cccc(Cl)c3F)CCCC2)CC1. The number of hydrogen-bond acceptors (Lipinski definition) is 2. The Hall–Kier alpha value is -1.62. The summed E-state index contributed by atoms with van der Waals surface area (Å²) in [6.45, 7) is 0.304. The monoisotopic (exact) mass is 338 g/mol. The minimum Gasteiger partial charge on any atom is -0.369 e. The fraction of sp³-hybridized carbons (Fsp3) is 0.529. The fourth-order valence-corrected chi connectivity index (χ4v) is 3.81. The van der Waals surface area contributed by atoms with Crippen LogP contribution in [-0.2, 0) is 15.0 Å². The molecule has 0 saturated heterocycles. The van der Waals surface area contributed by atoms with E-state index < -0.39 is 22.6 Å². The summed E-state index contributed by atoms with van der Waals surface area (Å²) < 4.78 is 14.5. The van der Waals surface area contributed by atoms with Crippen LogP contribution in [0.25, 0.3) is 0 Å². The van der Waals surface area contributed by atoms with E-state index >= 15 is 0 Å². The first-order chi connectivity index (χ1) is 10.9. The lowest BCUT2D eigenvalue weighted by Gasteiger charge is -2.31. The van der Waals surface area contributed by atoms with Gasteiger partial charge in [0.1, 0.15) is 11.2 Å². The minimum atomic E-state index is -1.05. The number of benzene rings is 1. The lowest BCUT2D eigenvalue weighted by Crippen LogP contribution is -2.46. The zero-order valence-electron chi connectivity index (χ0n) is 12.8. The average Bonchev–Trinajstić information content (AvgIpc) is 3.21. The minimum absolute atomic E-state index is 0.0934. The highest BCUT2D eigenvalue weighted by Gasteiger charge is 2.55. The van der Waals surface area contributed by atoms with Gasteiger partial charge in [-0.05, 0) is 37.3 Å². The van der Waals surface area contributed by atoms with Crippen molar-refractivity contribution < 1.29 is 14.0 Å². The van der Waals surface area contributed by atoms with E-state index in [1.165, 1.54) is 6.07 Å². The number of primary amides is 1. The summed E-state index contributed by atoms with van der Waals surface area (Å²) in [7, 11) is 0. The summed E-state index contributed by atoms with van der Waals surface area (Å²) >= 11 is 5.92. The molecule has 124 valence electrons. The largest absolute Gasteiger partial charge is 0.369 e. The maximum Gasteiger partial charge on any atom is 0.235 e. The molecular weight excluding hydrogens is 319 g/mol. The zero-order valence-corrected chi connectivity index (χ0v) is 13.6. The van der Waals surface area contributed by atoms with Crippen LogP contribution in [0.4, 0.5) is 4.39 Å². The molecule has 2 aliphatic rings. The highest BCUT2D eigenvalue weighted by Crippen LogP contribution is 2.47. The van der Waals surface area contributed by atoms with E-state index in [9.17, 15) is 14.0 Å². The second-order valence-corrected chi connectivity index (χ2v) is 7.13. The molecule has 2 amide bonds. The van der Waals surface area contributed by atoms with Gasteiger partial charge in [-0.2, -0.15) is 0 Å². The van der Waals surface area contributed by atoms with E-state index in [-0.39, 0.29) is 10.9 Å². The molecular formula is C17H20ClFN2O2. The Balaban J connectivity index is 1.81. The molecule has 0 atom stereocenters. The number of nitrogens with two attached hydrogens (primary N) is 1. The van der Waals surface area contributed by atoms with Crippen molar-refractivity contribution in [2.75, 3.05) is 6.54 Å². The van der Waals surface area contributed by atoms with Crippen molar-refractivity contribution in [1.29, 1.82) is 0 Å². The molecule has 6 heteroatoms. The van der Waals surface area contributed by atoms with Gasteiger partial charge in [0.15, 0.2) is 0 Å². The van der Waals surface area contributed by atoms with E-state index in [1.54, 1.807) is 12.1 Å². The van der Waals surface area contributed by atoms with E-state index in [2.05, 4.69) is 5.32 Å². The Morgan fingerprint density at radius 1 is 1.22 bits per heavy atom. The third kappa shape index (κ3) is 2.71. The normalized spacial score (nSPS) is 21.0. The van der Waals surface area contributed by atoms with Gasteiger partial charge in [0, 0.05) is 12.0 Å². The number of hydrogen-bond donors (Lipinski definition) is 2. The molecule has 3 N–H and O–H groups in total. The van der Waals surface area contributed by atoms with Crippen molar-refractivity contribution in [3.8, 4) is 0 Å². The van der Waals surface area contributed by atoms with Crippen LogP contribution < -0.4 is 11.1 Å². The maximum absolute atomic E-state index is 14.5. The van der Waals surface area contributed by atoms with Crippen molar-refractivity contribution >= 4 is 23.4 Å². The Labute approximate surface area is 139 Å². The van der Waals surface area contributed by atoms with E-state index in [4.69, 9.17) is 17.3 Å². The van der Waals surface area contributed by atoms with Gasteiger partial charge in [-0.15, -0.1) is 0 Å². The predicted octanol–water partition coefficient (Wildman–Crippen LogP) is 2.67. The molecule has 2 aliphatic carbocycles. The third-order valence-corrected chi connectivity index (χ3v) is 5.62. The molecule has 4 nitrogen and oxygen atoms in total. The summed E-state index contributed by atoms with van der Waals surface area (Å²) in [6.07, 6.45) is 4.51. The van der Waals surface area contributed by atoms with Gasteiger partial charge >= 0.3 is 0 Å². The molecule has 0 aromatic heterocycles. The first-order valence-corrected chi connectivity index (χ1v) is 8.32. The molecule has 3 rings (SSSR count). The van der Waals surface area contributed by atoms with Crippen LogP contribution in [0.5, 0.6) is 0 Å². The molecule has 2 saturated carbocycles. The average molecular weight is 339 g/mol. The smallest absolute Gasteiger partial charge is 0.235 e. The highest BCUT2D eigenvalue weighted by atomic mass is 35.5. The van der Waals surface area contributed by atoms with Gasteiger partial charge in [0.25, 0.3) is 0 Å². The Morgan fingerprint density at radius 3 is 2.43 bits per heavy atom. The lowest BCUT2D eigenvalue weighted by molar-refractivity contribution is -0.135. The predicted molar refractivity (Wildman–Crippen MR) is 85.4 cm³/mol. The third-order valence-electron chi connectivity index (χ3n) is 5.33. The topological polar surface area (TPSA) is 72.2 Å². The van der Waals surface area contributed by atoms with Crippen molar-refractivity contribution in [1.82, 2.24) is 5.32 Å². The number of carbonyl (C=O) groups is 2. The molecule has 1 aromatic carbocycles. The van der Waals surface area contributed by atoms with Crippen LogP contribution in [0.1, 0.15) is 44.1 Å². The maximum atomic E-state index is 14.5. The van der Waals surface area contributed by atoms with Crippen molar-refractivity contribution in [2.45, 2.75) is 43.9 Å².